The van der Waals surface area contributed by atoms with E-state index in [-0.39, 0.29) is 6.04 Å². The molecular formula is C14H21NO. The maximum Gasteiger partial charge on any atom is 0.127 e. The van der Waals surface area contributed by atoms with Crippen LogP contribution in [0.4, 0.5) is 0 Å². The highest BCUT2D eigenvalue weighted by atomic mass is 16.5. The third kappa shape index (κ3) is 1.94. The van der Waals surface area contributed by atoms with Gasteiger partial charge in [0.2, 0.25) is 0 Å². The maximum atomic E-state index is 6.24. The van der Waals surface area contributed by atoms with Gasteiger partial charge < -0.3 is 10.5 Å². The molecule has 1 unspecified atom stereocenters. The van der Waals surface area contributed by atoms with Crippen LogP contribution in [-0.4, -0.2) is 6.61 Å². The molecule has 0 saturated carbocycles. The Morgan fingerprint density at radius 2 is 2.12 bits per heavy atom. The summed E-state index contributed by atoms with van der Waals surface area (Å²) in [5.41, 5.74) is 10.0. The first-order valence-electron chi connectivity index (χ1n) is 6.13. The van der Waals surface area contributed by atoms with Gasteiger partial charge in [-0.25, -0.2) is 0 Å². The Hall–Kier alpha value is -1.02. The van der Waals surface area contributed by atoms with Crippen molar-refractivity contribution in [2.75, 3.05) is 6.61 Å². The van der Waals surface area contributed by atoms with E-state index in [4.69, 9.17) is 10.5 Å². The second kappa shape index (κ2) is 4.46. The summed E-state index contributed by atoms with van der Waals surface area (Å²) in [6.45, 7) is 7.32. The number of nitrogens with two attached hydrogens (primary N) is 1. The number of hydrogen-bond donors (Lipinski definition) is 1. The molecule has 1 aromatic rings. The van der Waals surface area contributed by atoms with Crippen LogP contribution in [0.15, 0.2) is 12.1 Å². The minimum atomic E-state index is 0.135. The molecule has 1 heterocycles. The summed E-state index contributed by atoms with van der Waals surface area (Å²) in [4.78, 5) is 0. The van der Waals surface area contributed by atoms with Crippen LogP contribution in [0, 0.1) is 6.92 Å². The lowest BCUT2D eigenvalue weighted by Crippen LogP contribution is -2.11. The van der Waals surface area contributed by atoms with Gasteiger partial charge in [-0.15, -0.1) is 0 Å². The van der Waals surface area contributed by atoms with Gasteiger partial charge in [0, 0.05) is 11.6 Å². The van der Waals surface area contributed by atoms with Crippen LogP contribution in [-0.2, 0) is 0 Å². The fraction of sp³-hybridized carbons (Fsp3) is 0.571. The normalized spacial score (nSPS) is 20.2. The van der Waals surface area contributed by atoms with Crippen molar-refractivity contribution in [3.05, 3.63) is 28.8 Å². The van der Waals surface area contributed by atoms with Crippen LogP contribution in [0.2, 0.25) is 0 Å². The van der Waals surface area contributed by atoms with E-state index in [1.165, 1.54) is 16.7 Å². The number of aryl methyl sites for hydroxylation is 1. The molecule has 0 saturated heterocycles. The first-order valence-corrected chi connectivity index (χ1v) is 6.13. The predicted molar refractivity (Wildman–Crippen MR) is 66.9 cm³/mol. The zero-order chi connectivity index (χ0) is 11.7. The fourth-order valence-electron chi connectivity index (χ4n) is 2.41. The van der Waals surface area contributed by atoms with Crippen LogP contribution in [0.1, 0.15) is 55.3 Å². The lowest BCUT2D eigenvalue weighted by Gasteiger charge is -2.20. The predicted octanol–water partition coefficient (Wildman–Crippen LogP) is 3.29. The Kier molecular flexibility index (Phi) is 3.20. The van der Waals surface area contributed by atoms with Gasteiger partial charge in [0.1, 0.15) is 5.75 Å². The summed E-state index contributed by atoms with van der Waals surface area (Å²) in [6.07, 6.45) is 2.07. The maximum absolute atomic E-state index is 6.24. The van der Waals surface area contributed by atoms with E-state index in [0.717, 1.165) is 25.2 Å². The summed E-state index contributed by atoms with van der Waals surface area (Å²) in [5.74, 6) is 1.54. The molecule has 88 valence electrons. The molecule has 2 heteroatoms. The van der Waals surface area contributed by atoms with E-state index in [1.54, 1.807) is 0 Å². The smallest absolute Gasteiger partial charge is 0.127 e. The molecule has 0 bridgehead atoms. The minimum Gasteiger partial charge on any atom is -0.493 e. The Morgan fingerprint density at radius 1 is 1.38 bits per heavy atom. The zero-order valence-corrected chi connectivity index (χ0v) is 10.4. The third-order valence-electron chi connectivity index (χ3n) is 3.34. The average Bonchev–Trinajstić information content (AvgIpc) is 2.41. The molecule has 0 aliphatic carbocycles. The molecule has 1 aliphatic rings. The first kappa shape index (κ1) is 11.5. The number of fused-ring (bicyclic) bond motifs is 1. The zero-order valence-electron chi connectivity index (χ0n) is 10.4. The van der Waals surface area contributed by atoms with Crippen molar-refractivity contribution in [2.24, 2.45) is 5.73 Å². The molecule has 0 radical (unpaired) electrons. The van der Waals surface area contributed by atoms with Gasteiger partial charge in [0.15, 0.2) is 0 Å². The lowest BCUT2D eigenvalue weighted by atomic mass is 9.92. The van der Waals surface area contributed by atoms with E-state index < -0.39 is 0 Å². The largest absolute Gasteiger partial charge is 0.493 e. The van der Waals surface area contributed by atoms with Crippen molar-refractivity contribution >= 4 is 0 Å². The highest BCUT2D eigenvalue weighted by Crippen LogP contribution is 2.38. The number of ether oxygens (including phenoxy) is 1. The third-order valence-corrected chi connectivity index (χ3v) is 3.34. The Balaban J connectivity index is 2.58. The number of benzene rings is 1. The quantitative estimate of drug-likeness (QED) is 0.786. The Bertz CT molecular complexity index is 385. The first-order chi connectivity index (χ1) is 7.61. The lowest BCUT2D eigenvalue weighted by molar-refractivity contribution is 0.312. The van der Waals surface area contributed by atoms with Crippen LogP contribution >= 0.6 is 0 Å². The minimum absolute atomic E-state index is 0.135. The summed E-state index contributed by atoms with van der Waals surface area (Å²) in [5, 5.41) is 0. The van der Waals surface area contributed by atoms with Crippen molar-refractivity contribution < 1.29 is 4.74 Å². The van der Waals surface area contributed by atoms with Crippen LogP contribution in [0.5, 0.6) is 5.75 Å². The summed E-state index contributed by atoms with van der Waals surface area (Å²) >= 11 is 0. The van der Waals surface area contributed by atoms with Crippen LogP contribution in [0.25, 0.3) is 0 Å². The summed E-state index contributed by atoms with van der Waals surface area (Å²) < 4.78 is 5.91. The highest BCUT2D eigenvalue weighted by molar-refractivity contribution is 5.49. The van der Waals surface area contributed by atoms with Crippen molar-refractivity contribution in [3.8, 4) is 5.75 Å². The van der Waals surface area contributed by atoms with Crippen molar-refractivity contribution in [3.63, 3.8) is 0 Å². The second-order valence-corrected chi connectivity index (χ2v) is 4.97. The molecule has 0 fully saturated rings. The monoisotopic (exact) mass is 219 g/mol. The Morgan fingerprint density at radius 3 is 2.81 bits per heavy atom. The molecule has 2 N–H and O–H groups in total. The van der Waals surface area contributed by atoms with Gasteiger partial charge >= 0.3 is 0 Å². The highest BCUT2D eigenvalue weighted by Gasteiger charge is 2.22. The fourth-order valence-corrected chi connectivity index (χ4v) is 2.41. The second-order valence-electron chi connectivity index (χ2n) is 4.97. The molecule has 0 amide bonds. The van der Waals surface area contributed by atoms with Gasteiger partial charge in [0.05, 0.1) is 6.61 Å². The number of rotatable bonds is 1. The van der Waals surface area contributed by atoms with Crippen molar-refractivity contribution in [1.29, 1.82) is 0 Å². The molecule has 2 rings (SSSR count). The van der Waals surface area contributed by atoms with Crippen molar-refractivity contribution in [1.82, 2.24) is 0 Å². The van der Waals surface area contributed by atoms with Gasteiger partial charge in [0.25, 0.3) is 0 Å². The summed E-state index contributed by atoms with van der Waals surface area (Å²) in [6, 6.07) is 4.48. The standard InChI is InChI=1S/C14H21NO/c1-9(2)11-7-6-10(3)13-12(15)5-4-8-16-14(11)13/h6-7,9,12H,4-5,8,15H2,1-3H3. The van der Waals surface area contributed by atoms with Gasteiger partial charge in [-0.05, 0) is 36.8 Å². The van der Waals surface area contributed by atoms with E-state index >= 15 is 0 Å². The van der Waals surface area contributed by atoms with E-state index in [9.17, 15) is 0 Å². The van der Waals surface area contributed by atoms with Gasteiger partial charge in [-0.1, -0.05) is 26.0 Å². The summed E-state index contributed by atoms with van der Waals surface area (Å²) in [7, 11) is 0. The van der Waals surface area contributed by atoms with E-state index in [2.05, 4.69) is 32.9 Å². The molecule has 16 heavy (non-hydrogen) atoms. The van der Waals surface area contributed by atoms with Gasteiger partial charge in [-0.3, -0.25) is 0 Å². The number of hydrogen-bond acceptors (Lipinski definition) is 2. The SMILES string of the molecule is Cc1ccc(C(C)C)c2c1C(N)CCCO2. The molecule has 1 atom stereocenters. The van der Waals surface area contributed by atoms with E-state index in [0.29, 0.717) is 5.92 Å². The van der Waals surface area contributed by atoms with E-state index in [1.807, 2.05) is 0 Å². The molecule has 1 aromatic carbocycles. The molecule has 1 aliphatic heterocycles. The topological polar surface area (TPSA) is 35.2 Å². The average molecular weight is 219 g/mol. The molecular weight excluding hydrogens is 198 g/mol. The molecule has 0 spiro atoms. The van der Waals surface area contributed by atoms with Crippen LogP contribution in [0.3, 0.4) is 0 Å². The van der Waals surface area contributed by atoms with Gasteiger partial charge in [-0.2, -0.15) is 0 Å². The van der Waals surface area contributed by atoms with Crippen molar-refractivity contribution in [2.45, 2.75) is 45.6 Å². The molecule has 2 nitrogen and oxygen atoms in total. The van der Waals surface area contributed by atoms with Crippen LogP contribution < -0.4 is 10.5 Å². The molecule has 0 aromatic heterocycles. The Labute approximate surface area is 97.8 Å².